The van der Waals surface area contributed by atoms with E-state index in [-0.39, 0.29) is 5.69 Å². The van der Waals surface area contributed by atoms with Crippen LogP contribution in [0.3, 0.4) is 0 Å². The average molecular weight is 275 g/mol. The van der Waals surface area contributed by atoms with Crippen LogP contribution in [0.1, 0.15) is 0 Å². The quantitative estimate of drug-likeness (QED) is 0.532. The largest absolute Gasteiger partial charge is 0.269 e. The molecule has 3 rings (SSSR count). The molecule has 6 nitrogen and oxygen atoms in total. The van der Waals surface area contributed by atoms with Crippen LogP contribution in [0.25, 0.3) is 16.7 Å². The lowest BCUT2D eigenvalue weighted by molar-refractivity contribution is -0.384. The highest BCUT2D eigenvalue weighted by atomic mass is 35.5. The molecule has 0 radical (unpaired) electrons. The molecule has 0 atom stereocenters. The minimum absolute atomic E-state index is 0.0382. The number of benzene rings is 2. The van der Waals surface area contributed by atoms with Gasteiger partial charge in [-0.15, -0.1) is 5.10 Å². The van der Waals surface area contributed by atoms with Gasteiger partial charge in [-0.05, 0) is 30.3 Å². The van der Waals surface area contributed by atoms with Crippen LogP contribution in [0.4, 0.5) is 5.69 Å². The van der Waals surface area contributed by atoms with Crippen LogP contribution in [-0.4, -0.2) is 19.9 Å². The van der Waals surface area contributed by atoms with Gasteiger partial charge in [-0.25, -0.2) is 4.68 Å². The zero-order valence-electron chi connectivity index (χ0n) is 9.52. The fraction of sp³-hybridized carbons (Fsp3) is 0. The van der Waals surface area contributed by atoms with Crippen molar-refractivity contribution in [2.75, 3.05) is 0 Å². The van der Waals surface area contributed by atoms with Crippen molar-refractivity contribution in [2.45, 2.75) is 0 Å². The molecule has 0 spiro atoms. The zero-order chi connectivity index (χ0) is 13.4. The summed E-state index contributed by atoms with van der Waals surface area (Å²) in [5.74, 6) is 0. The number of hydrogen-bond donors (Lipinski definition) is 0. The van der Waals surface area contributed by atoms with E-state index in [0.29, 0.717) is 16.2 Å². The van der Waals surface area contributed by atoms with Gasteiger partial charge in [0.15, 0.2) is 0 Å². The normalized spacial score (nSPS) is 10.8. The van der Waals surface area contributed by atoms with Crippen molar-refractivity contribution in [2.24, 2.45) is 0 Å². The van der Waals surface area contributed by atoms with Gasteiger partial charge in [-0.3, -0.25) is 10.1 Å². The van der Waals surface area contributed by atoms with E-state index in [1.807, 2.05) is 0 Å². The van der Waals surface area contributed by atoms with Crippen molar-refractivity contribution >= 4 is 28.3 Å². The second-order valence-electron chi connectivity index (χ2n) is 3.91. The van der Waals surface area contributed by atoms with E-state index >= 15 is 0 Å². The summed E-state index contributed by atoms with van der Waals surface area (Å²) >= 11 is 5.88. The van der Waals surface area contributed by atoms with Gasteiger partial charge < -0.3 is 0 Å². The van der Waals surface area contributed by atoms with Crippen LogP contribution in [-0.2, 0) is 0 Å². The molecule has 0 saturated carbocycles. The molecule has 0 bridgehead atoms. The standard InChI is InChI=1S/C12H7ClN4O2/c13-8-1-6-12-11(7-8)14-15-16(12)9-2-4-10(5-3-9)17(18)19/h1-7H. The maximum atomic E-state index is 10.6. The lowest BCUT2D eigenvalue weighted by Gasteiger charge is -2.01. The molecule has 0 unspecified atom stereocenters. The molecule has 0 aliphatic heterocycles. The third-order valence-corrected chi connectivity index (χ3v) is 2.95. The number of fused-ring (bicyclic) bond motifs is 1. The number of nitro groups is 1. The Bertz CT molecular complexity index is 767. The number of halogens is 1. The molecular formula is C12H7ClN4O2. The van der Waals surface area contributed by atoms with E-state index in [2.05, 4.69) is 10.3 Å². The summed E-state index contributed by atoms with van der Waals surface area (Å²) in [5.41, 5.74) is 2.20. The number of non-ortho nitro benzene ring substituents is 1. The maximum absolute atomic E-state index is 10.6. The summed E-state index contributed by atoms with van der Waals surface area (Å²) in [7, 11) is 0. The minimum Gasteiger partial charge on any atom is -0.258 e. The van der Waals surface area contributed by atoms with E-state index in [0.717, 1.165) is 5.52 Å². The van der Waals surface area contributed by atoms with E-state index in [9.17, 15) is 10.1 Å². The van der Waals surface area contributed by atoms with Gasteiger partial charge in [-0.1, -0.05) is 16.8 Å². The Hall–Kier alpha value is -2.47. The summed E-state index contributed by atoms with van der Waals surface area (Å²) < 4.78 is 1.61. The molecule has 1 aromatic heterocycles. The Kier molecular flexibility index (Phi) is 2.64. The molecule has 0 saturated heterocycles. The van der Waals surface area contributed by atoms with Crippen LogP contribution in [0, 0.1) is 10.1 Å². The highest BCUT2D eigenvalue weighted by Gasteiger charge is 2.09. The molecule has 0 amide bonds. The van der Waals surface area contributed by atoms with Crippen LogP contribution in [0.5, 0.6) is 0 Å². The molecule has 19 heavy (non-hydrogen) atoms. The Balaban J connectivity index is 2.11. The third kappa shape index (κ3) is 2.02. The number of rotatable bonds is 2. The number of hydrogen-bond acceptors (Lipinski definition) is 4. The van der Waals surface area contributed by atoms with Crippen LogP contribution >= 0.6 is 11.6 Å². The first kappa shape index (κ1) is 11.6. The minimum atomic E-state index is -0.441. The molecule has 3 aromatic rings. The van der Waals surface area contributed by atoms with Crippen molar-refractivity contribution in [3.63, 3.8) is 0 Å². The molecular weight excluding hydrogens is 268 g/mol. The fourth-order valence-corrected chi connectivity index (χ4v) is 1.97. The second-order valence-corrected chi connectivity index (χ2v) is 4.34. The van der Waals surface area contributed by atoms with Gasteiger partial charge in [-0.2, -0.15) is 0 Å². The van der Waals surface area contributed by atoms with E-state index in [1.54, 1.807) is 35.0 Å². The van der Waals surface area contributed by atoms with Crippen LogP contribution in [0.2, 0.25) is 5.02 Å². The van der Waals surface area contributed by atoms with E-state index < -0.39 is 4.92 Å². The topological polar surface area (TPSA) is 73.8 Å². The summed E-state index contributed by atoms with van der Waals surface area (Å²) in [6.45, 7) is 0. The smallest absolute Gasteiger partial charge is 0.258 e. The van der Waals surface area contributed by atoms with E-state index in [1.165, 1.54) is 12.1 Å². The molecule has 94 valence electrons. The lowest BCUT2D eigenvalue weighted by Crippen LogP contribution is -1.97. The summed E-state index contributed by atoms with van der Waals surface area (Å²) in [6.07, 6.45) is 0. The maximum Gasteiger partial charge on any atom is 0.269 e. The molecule has 0 aliphatic rings. The Morgan fingerprint density at radius 2 is 1.89 bits per heavy atom. The molecule has 0 N–H and O–H groups in total. The predicted molar refractivity (Wildman–Crippen MR) is 70.5 cm³/mol. The molecule has 0 aliphatic carbocycles. The molecule has 1 heterocycles. The number of nitrogens with zero attached hydrogens (tertiary/aromatic N) is 4. The highest BCUT2D eigenvalue weighted by Crippen LogP contribution is 2.21. The SMILES string of the molecule is O=[N+]([O-])c1ccc(-n2nnc3cc(Cl)ccc32)cc1. The average Bonchev–Trinajstić information content (AvgIpc) is 2.81. The Morgan fingerprint density at radius 1 is 1.16 bits per heavy atom. The summed E-state index contributed by atoms with van der Waals surface area (Å²) in [5, 5.41) is 19.2. The Labute approximate surface area is 112 Å². The van der Waals surface area contributed by atoms with Gasteiger partial charge in [0.25, 0.3) is 5.69 Å². The van der Waals surface area contributed by atoms with Gasteiger partial charge >= 0.3 is 0 Å². The van der Waals surface area contributed by atoms with Crippen LogP contribution in [0.15, 0.2) is 42.5 Å². The summed E-state index contributed by atoms with van der Waals surface area (Å²) in [4.78, 5) is 10.2. The predicted octanol–water partition coefficient (Wildman–Crippen LogP) is 2.98. The van der Waals surface area contributed by atoms with Gasteiger partial charge in [0.05, 0.1) is 16.1 Å². The molecule has 0 fully saturated rings. The number of nitro benzene ring substituents is 1. The van der Waals surface area contributed by atoms with Crippen molar-refractivity contribution in [3.8, 4) is 5.69 Å². The first-order chi connectivity index (χ1) is 9.15. The molecule has 7 heteroatoms. The highest BCUT2D eigenvalue weighted by molar-refractivity contribution is 6.31. The lowest BCUT2D eigenvalue weighted by atomic mass is 10.2. The number of aromatic nitrogens is 3. The van der Waals surface area contributed by atoms with Crippen molar-refractivity contribution < 1.29 is 4.92 Å². The van der Waals surface area contributed by atoms with Crippen molar-refractivity contribution in [3.05, 3.63) is 57.6 Å². The third-order valence-electron chi connectivity index (χ3n) is 2.71. The van der Waals surface area contributed by atoms with Crippen molar-refractivity contribution in [1.29, 1.82) is 0 Å². The van der Waals surface area contributed by atoms with Gasteiger partial charge in [0.2, 0.25) is 0 Å². The summed E-state index contributed by atoms with van der Waals surface area (Å²) in [6, 6.07) is 11.4. The fourth-order valence-electron chi connectivity index (χ4n) is 1.80. The second kappa shape index (κ2) is 4.33. The zero-order valence-corrected chi connectivity index (χ0v) is 10.3. The van der Waals surface area contributed by atoms with Gasteiger partial charge in [0.1, 0.15) is 5.52 Å². The first-order valence-electron chi connectivity index (χ1n) is 5.41. The first-order valence-corrected chi connectivity index (χ1v) is 5.79. The van der Waals surface area contributed by atoms with Crippen LogP contribution < -0.4 is 0 Å². The van der Waals surface area contributed by atoms with E-state index in [4.69, 9.17) is 11.6 Å². The van der Waals surface area contributed by atoms with Crippen molar-refractivity contribution in [1.82, 2.24) is 15.0 Å². The monoisotopic (exact) mass is 274 g/mol. The molecule has 2 aromatic carbocycles. The van der Waals surface area contributed by atoms with Gasteiger partial charge in [0, 0.05) is 17.2 Å². The Morgan fingerprint density at radius 3 is 2.58 bits per heavy atom.